The van der Waals surface area contributed by atoms with Gasteiger partial charge >= 0.3 is 0 Å². The summed E-state index contributed by atoms with van der Waals surface area (Å²) in [6.07, 6.45) is 2.90. The van der Waals surface area contributed by atoms with Crippen LogP contribution in [0.2, 0.25) is 5.02 Å². The number of hydrogen-bond donors (Lipinski definition) is 1. The molecule has 19 heavy (non-hydrogen) atoms. The molecule has 0 amide bonds. The average molecular weight is 281 g/mol. The minimum atomic E-state index is -0.529. The molecule has 2 rings (SSSR count). The lowest BCUT2D eigenvalue weighted by Crippen LogP contribution is -1.96. The second-order valence-corrected chi connectivity index (χ2v) is 3.87. The molecule has 0 aliphatic rings. The summed E-state index contributed by atoms with van der Waals surface area (Å²) >= 11 is 5.91. The number of non-ortho nitro benzene ring substituents is 1. The summed E-state index contributed by atoms with van der Waals surface area (Å²) in [5, 5.41) is 13.7. The first-order valence-electron chi connectivity index (χ1n) is 5.21. The highest BCUT2D eigenvalue weighted by atomic mass is 35.5. The predicted molar refractivity (Wildman–Crippen MR) is 69.8 cm³/mol. The molecule has 0 saturated carbocycles. The van der Waals surface area contributed by atoms with Gasteiger partial charge in [0.1, 0.15) is 5.82 Å². The minimum absolute atomic E-state index is 0.114. The second-order valence-electron chi connectivity index (χ2n) is 3.47. The fourth-order valence-electron chi connectivity index (χ4n) is 1.31. The van der Waals surface area contributed by atoms with Crippen LogP contribution < -0.4 is 10.1 Å². The molecule has 0 fully saturated rings. The van der Waals surface area contributed by atoms with E-state index in [9.17, 15) is 10.1 Å². The van der Waals surface area contributed by atoms with Crippen molar-refractivity contribution in [3.8, 4) is 11.6 Å². The van der Waals surface area contributed by atoms with Crippen LogP contribution in [0.4, 0.5) is 11.5 Å². The van der Waals surface area contributed by atoms with Gasteiger partial charge in [0, 0.05) is 13.1 Å². The van der Waals surface area contributed by atoms with Crippen molar-refractivity contribution in [2.45, 2.75) is 0 Å². The average Bonchev–Trinajstić information content (AvgIpc) is 2.41. The fourth-order valence-corrected chi connectivity index (χ4v) is 1.47. The molecule has 0 aliphatic heterocycles. The Morgan fingerprint density at radius 2 is 2.21 bits per heavy atom. The van der Waals surface area contributed by atoms with Crippen LogP contribution in [0.1, 0.15) is 0 Å². The number of benzene rings is 1. The zero-order valence-corrected chi connectivity index (χ0v) is 10.6. The van der Waals surface area contributed by atoms with E-state index in [-0.39, 0.29) is 22.3 Å². The maximum absolute atomic E-state index is 10.7. The molecule has 2 aromatic rings. The fraction of sp³-hybridized carbons (Fsp3) is 0.0909. The number of nitro groups is 1. The lowest BCUT2D eigenvalue weighted by atomic mass is 10.3. The van der Waals surface area contributed by atoms with Crippen LogP contribution in [-0.2, 0) is 0 Å². The third-order valence-electron chi connectivity index (χ3n) is 2.21. The normalized spacial score (nSPS) is 10.0. The van der Waals surface area contributed by atoms with Crippen LogP contribution >= 0.6 is 11.6 Å². The molecule has 0 bridgehead atoms. The van der Waals surface area contributed by atoms with Gasteiger partial charge in [-0.1, -0.05) is 11.6 Å². The molecule has 0 atom stereocenters. The Hall–Kier alpha value is -2.41. The molecule has 1 aromatic carbocycles. The van der Waals surface area contributed by atoms with E-state index in [2.05, 4.69) is 15.3 Å². The summed E-state index contributed by atoms with van der Waals surface area (Å²) in [6, 6.07) is 3.92. The topological polar surface area (TPSA) is 90.2 Å². The second kappa shape index (κ2) is 5.49. The Kier molecular flexibility index (Phi) is 3.76. The minimum Gasteiger partial charge on any atom is -0.436 e. The molecular weight excluding hydrogens is 272 g/mol. The van der Waals surface area contributed by atoms with Crippen molar-refractivity contribution in [1.29, 1.82) is 0 Å². The van der Waals surface area contributed by atoms with Crippen LogP contribution in [-0.4, -0.2) is 21.9 Å². The Labute approximate surface area is 113 Å². The molecule has 1 heterocycles. The van der Waals surface area contributed by atoms with Crippen molar-refractivity contribution >= 4 is 23.1 Å². The number of halogens is 1. The zero-order chi connectivity index (χ0) is 13.8. The van der Waals surface area contributed by atoms with E-state index in [4.69, 9.17) is 16.3 Å². The largest absolute Gasteiger partial charge is 0.436 e. The predicted octanol–water partition coefficient (Wildman–Crippen LogP) is 2.87. The molecule has 1 N–H and O–H groups in total. The summed E-state index contributed by atoms with van der Waals surface area (Å²) in [6.45, 7) is 0. The van der Waals surface area contributed by atoms with Gasteiger partial charge < -0.3 is 10.1 Å². The van der Waals surface area contributed by atoms with E-state index in [1.54, 1.807) is 7.05 Å². The third-order valence-corrected chi connectivity index (χ3v) is 2.52. The molecule has 0 radical (unpaired) electrons. The quantitative estimate of drug-likeness (QED) is 0.684. The summed E-state index contributed by atoms with van der Waals surface area (Å²) in [5.41, 5.74) is -0.114. The van der Waals surface area contributed by atoms with E-state index in [1.165, 1.54) is 30.6 Å². The number of nitro benzene ring substituents is 1. The molecule has 0 spiro atoms. The number of hydrogen-bond acceptors (Lipinski definition) is 6. The van der Waals surface area contributed by atoms with Gasteiger partial charge in [0.25, 0.3) is 5.69 Å². The Morgan fingerprint density at radius 3 is 2.89 bits per heavy atom. The number of ether oxygens (including phenoxy) is 1. The highest BCUT2D eigenvalue weighted by Crippen LogP contribution is 2.31. The van der Waals surface area contributed by atoms with Gasteiger partial charge in [-0.25, -0.2) is 0 Å². The van der Waals surface area contributed by atoms with Crippen molar-refractivity contribution in [3.05, 3.63) is 45.7 Å². The Bertz CT molecular complexity index is 621. The molecule has 98 valence electrons. The van der Waals surface area contributed by atoms with E-state index < -0.39 is 4.92 Å². The van der Waals surface area contributed by atoms with Crippen molar-refractivity contribution in [3.63, 3.8) is 0 Å². The van der Waals surface area contributed by atoms with E-state index in [0.717, 1.165) is 0 Å². The van der Waals surface area contributed by atoms with Crippen LogP contribution in [0.3, 0.4) is 0 Å². The Morgan fingerprint density at radius 1 is 1.42 bits per heavy atom. The molecule has 0 aliphatic carbocycles. The highest BCUT2D eigenvalue weighted by molar-refractivity contribution is 6.32. The summed E-state index contributed by atoms with van der Waals surface area (Å²) in [7, 11) is 1.69. The summed E-state index contributed by atoms with van der Waals surface area (Å²) < 4.78 is 5.39. The van der Waals surface area contributed by atoms with Gasteiger partial charge in [-0.15, -0.1) is 0 Å². The molecule has 7 nitrogen and oxygen atoms in total. The summed E-state index contributed by atoms with van der Waals surface area (Å²) in [4.78, 5) is 18.1. The van der Waals surface area contributed by atoms with Gasteiger partial charge in [0.2, 0.25) is 5.88 Å². The van der Waals surface area contributed by atoms with Gasteiger partial charge in [0.15, 0.2) is 5.75 Å². The maximum Gasteiger partial charge on any atom is 0.273 e. The number of anilines is 1. The SMILES string of the molecule is CNc1cncc(Oc2cc([N+](=O)[O-])ccc2Cl)n1. The van der Waals surface area contributed by atoms with Crippen molar-refractivity contribution in [2.75, 3.05) is 12.4 Å². The van der Waals surface area contributed by atoms with Gasteiger partial charge in [-0.3, -0.25) is 15.1 Å². The van der Waals surface area contributed by atoms with Crippen molar-refractivity contribution in [1.82, 2.24) is 9.97 Å². The standard InChI is InChI=1S/C11H9ClN4O3/c1-13-10-5-14-6-11(15-10)19-9-4-7(16(17)18)2-3-8(9)12/h2-6H,1H3,(H,13,15). The van der Waals surface area contributed by atoms with E-state index >= 15 is 0 Å². The lowest BCUT2D eigenvalue weighted by Gasteiger charge is -2.07. The first-order valence-corrected chi connectivity index (χ1v) is 5.59. The molecule has 1 aromatic heterocycles. The molecule has 0 saturated heterocycles. The third kappa shape index (κ3) is 3.08. The maximum atomic E-state index is 10.7. The van der Waals surface area contributed by atoms with Gasteiger partial charge in [0.05, 0.1) is 28.4 Å². The molecule has 0 unspecified atom stereocenters. The number of nitrogens with zero attached hydrogens (tertiary/aromatic N) is 3. The first-order chi connectivity index (χ1) is 9.10. The van der Waals surface area contributed by atoms with Crippen LogP contribution in [0.5, 0.6) is 11.6 Å². The van der Waals surface area contributed by atoms with Crippen molar-refractivity contribution < 1.29 is 9.66 Å². The molecular formula is C11H9ClN4O3. The van der Waals surface area contributed by atoms with E-state index in [0.29, 0.717) is 5.82 Å². The van der Waals surface area contributed by atoms with Gasteiger partial charge in [-0.05, 0) is 6.07 Å². The molecule has 8 heteroatoms. The first kappa shape index (κ1) is 13.0. The smallest absolute Gasteiger partial charge is 0.273 e. The Balaban J connectivity index is 2.31. The monoisotopic (exact) mass is 280 g/mol. The number of nitrogens with one attached hydrogen (secondary N) is 1. The lowest BCUT2D eigenvalue weighted by molar-refractivity contribution is -0.384. The zero-order valence-electron chi connectivity index (χ0n) is 9.83. The summed E-state index contributed by atoms with van der Waals surface area (Å²) in [5.74, 6) is 0.853. The van der Waals surface area contributed by atoms with Crippen LogP contribution in [0.25, 0.3) is 0 Å². The van der Waals surface area contributed by atoms with Crippen LogP contribution in [0, 0.1) is 10.1 Å². The number of rotatable bonds is 4. The highest BCUT2D eigenvalue weighted by Gasteiger charge is 2.12. The number of aromatic nitrogens is 2. The van der Waals surface area contributed by atoms with E-state index in [1.807, 2.05) is 0 Å². The van der Waals surface area contributed by atoms with Crippen LogP contribution in [0.15, 0.2) is 30.6 Å². The van der Waals surface area contributed by atoms with Gasteiger partial charge in [-0.2, -0.15) is 4.98 Å². The van der Waals surface area contributed by atoms with Crippen molar-refractivity contribution in [2.24, 2.45) is 0 Å².